The summed E-state index contributed by atoms with van der Waals surface area (Å²) in [6.07, 6.45) is 4.41. The molecule has 1 aliphatic carbocycles. The topological polar surface area (TPSA) is 60.2 Å². The Balaban J connectivity index is 1.91. The number of nitrogens with zero attached hydrogens (tertiary/aromatic N) is 1. The molecule has 0 bridgehead atoms. The van der Waals surface area contributed by atoms with E-state index in [2.05, 4.69) is 6.92 Å². The Labute approximate surface area is 113 Å². The van der Waals surface area contributed by atoms with Crippen LogP contribution < -0.4 is 0 Å². The first-order valence-electron chi connectivity index (χ1n) is 6.82. The van der Waals surface area contributed by atoms with E-state index in [0.29, 0.717) is 18.1 Å². The Bertz CT molecular complexity index is 467. The van der Waals surface area contributed by atoms with Crippen LogP contribution in [-0.2, 0) is 11.2 Å². The predicted octanol–water partition coefficient (Wildman–Crippen LogP) is 3.53. The molecule has 1 aliphatic rings. The first kappa shape index (κ1) is 13.7. The van der Waals surface area contributed by atoms with Crippen molar-refractivity contribution in [3.63, 3.8) is 0 Å². The first-order chi connectivity index (χ1) is 9.06. The molecule has 2 atom stereocenters. The van der Waals surface area contributed by atoms with E-state index in [9.17, 15) is 14.9 Å². The molecule has 2 rings (SSSR count). The Morgan fingerprint density at radius 1 is 1.32 bits per heavy atom. The molecule has 0 radical (unpaired) electrons. The molecule has 0 N–H and O–H groups in total. The molecule has 2 unspecified atom stereocenters. The molecule has 0 heterocycles. The van der Waals surface area contributed by atoms with Gasteiger partial charge in [0.15, 0.2) is 0 Å². The van der Waals surface area contributed by atoms with Crippen molar-refractivity contribution in [2.24, 2.45) is 11.8 Å². The molecule has 1 aromatic rings. The van der Waals surface area contributed by atoms with Gasteiger partial charge in [0.25, 0.3) is 5.69 Å². The lowest BCUT2D eigenvalue weighted by atomic mass is 9.79. The monoisotopic (exact) mass is 261 g/mol. The van der Waals surface area contributed by atoms with Crippen molar-refractivity contribution in [1.29, 1.82) is 0 Å². The lowest BCUT2D eigenvalue weighted by Gasteiger charge is -2.25. The van der Waals surface area contributed by atoms with Gasteiger partial charge in [0.1, 0.15) is 5.78 Å². The molecule has 19 heavy (non-hydrogen) atoms. The number of hydrogen-bond donors (Lipinski definition) is 0. The van der Waals surface area contributed by atoms with E-state index in [1.54, 1.807) is 12.1 Å². The van der Waals surface area contributed by atoms with Crippen molar-refractivity contribution in [2.45, 2.75) is 39.0 Å². The fourth-order valence-corrected chi connectivity index (χ4v) is 2.73. The molecule has 4 nitrogen and oxygen atoms in total. The summed E-state index contributed by atoms with van der Waals surface area (Å²) in [5.41, 5.74) is 1.18. The van der Waals surface area contributed by atoms with Crippen LogP contribution in [0.2, 0.25) is 0 Å². The molecule has 0 amide bonds. The van der Waals surface area contributed by atoms with E-state index >= 15 is 0 Å². The first-order valence-corrected chi connectivity index (χ1v) is 6.82. The van der Waals surface area contributed by atoms with Crippen molar-refractivity contribution in [3.8, 4) is 0 Å². The Hall–Kier alpha value is -1.71. The van der Waals surface area contributed by atoms with Crippen LogP contribution in [0.3, 0.4) is 0 Å². The second-order valence-electron chi connectivity index (χ2n) is 5.51. The van der Waals surface area contributed by atoms with Crippen molar-refractivity contribution >= 4 is 11.5 Å². The van der Waals surface area contributed by atoms with Crippen LogP contribution in [0, 0.1) is 22.0 Å². The Morgan fingerprint density at radius 2 is 2.00 bits per heavy atom. The van der Waals surface area contributed by atoms with Crippen LogP contribution >= 0.6 is 0 Å². The van der Waals surface area contributed by atoms with Crippen molar-refractivity contribution in [1.82, 2.24) is 0 Å². The third-order valence-electron chi connectivity index (χ3n) is 3.95. The zero-order valence-electron chi connectivity index (χ0n) is 11.2. The van der Waals surface area contributed by atoms with E-state index < -0.39 is 4.92 Å². The van der Waals surface area contributed by atoms with Crippen molar-refractivity contribution in [3.05, 3.63) is 39.9 Å². The van der Waals surface area contributed by atoms with Gasteiger partial charge in [0.05, 0.1) is 4.92 Å². The van der Waals surface area contributed by atoms with E-state index in [-0.39, 0.29) is 11.6 Å². The lowest BCUT2D eigenvalue weighted by molar-refractivity contribution is -0.384. The number of carbonyl (C=O) groups is 1. The summed E-state index contributed by atoms with van der Waals surface area (Å²) in [4.78, 5) is 22.0. The molecule has 0 spiro atoms. The molecule has 102 valence electrons. The number of Topliss-reactive ketones (excluding diaryl/α,β-unsaturated/α-hetero) is 1. The van der Waals surface area contributed by atoms with Crippen molar-refractivity contribution < 1.29 is 9.72 Å². The van der Waals surface area contributed by atoms with E-state index in [1.165, 1.54) is 12.1 Å². The van der Waals surface area contributed by atoms with Crippen LogP contribution in [-0.4, -0.2) is 10.7 Å². The van der Waals surface area contributed by atoms with Gasteiger partial charge in [-0.3, -0.25) is 14.9 Å². The van der Waals surface area contributed by atoms with E-state index in [0.717, 1.165) is 31.2 Å². The Morgan fingerprint density at radius 3 is 2.63 bits per heavy atom. The third-order valence-corrected chi connectivity index (χ3v) is 3.95. The lowest BCUT2D eigenvalue weighted by Crippen LogP contribution is -2.24. The molecule has 0 saturated heterocycles. The average molecular weight is 261 g/mol. The maximum Gasteiger partial charge on any atom is 0.269 e. The zero-order valence-corrected chi connectivity index (χ0v) is 11.2. The minimum atomic E-state index is -0.393. The summed E-state index contributed by atoms with van der Waals surface area (Å²) < 4.78 is 0. The van der Waals surface area contributed by atoms with Gasteiger partial charge in [-0.1, -0.05) is 19.1 Å². The van der Waals surface area contributed by atoms with Crippen LogP contribution in [0.5, 0.6) is 0 Å². The highest BCUT2D eigenvalue weighted by Crippen LogP contribution is 2.29. The predicted molar refractivity (Wildman–Crippen MR) is 72.9 cm³/mol. The number of carbonyl (C=O) groups excluding carboxylic acids is 1. The number of benzene rings is 1. The van der Waals surface area contributed by atoms with Crippen LogP contribution in [0.15, 0.2) is 24.3 Å². The second-order valence-corrected chi connectivity index (χ2v) is 5.51. The van der Waals surface area contributed by atoms with Gasteiger partial charge >= 0.3 is 0 Å². The molecule has 0 aromatic heterocycles. The van der Waals surface area contributed by atoms with Gasteiger partial charge in [0, 0.05) is 24.5 Å². The minimum Gasteiger partial charge on any atom is -0.299 e. The summed E-state index contributed by atoms with van der Waals surface area (Å²) in [7, 11) is 0. The summed E-state index contributed by atoms with van der Waals surface area (Å²) in [6, 6.07) is 6.63. The fraction of sp³-hybridized carbons (Fsp3) is 0.533. The van der Waals surface area contributed by atoms with Crippen molar-refractivity contribution in [2.75, 3.05) is 0 Å². The highest BCUT2D eigenvalue weighted by atomic mass is 16.6. The minimum absolute atomic E-state index is 0.117. The number of nitro groups is 1. The number of rotatable bonds is 4. The number of hydrogen-bond acceptors (Lipinski definition) is 3. The Kier molecular flexibility index (Phi) is 4.30. The molecular weight excluding hydrogens is 242 g/mol. The number of ketones is 1. The summed E-state index contributed by atoms with van der Waals surface area (Å²) in [5.74, 6) is 1.21. The average Bonchev–Trinajstić information content (AvgIpc) is 2.40. The standard InChI is InChI=1S/C15H19NO3/c1-11-2-9-15(17)13(10-11)6-3-12-4-7-14(8-5-12)16(18)19/h4-5,7-8,11,13H,2-3,6,9-10H2,1H3. The fourth-order valence-electron chi connectivity index (χ4n) is 2.73. The van der Waals surface area contributed by atoms with Crippen LogP contribution in [0.1, 0.15) is 38.2 Å². The normalized spacial score (nSPS) is 23.3. The van der Waals surface area contributed by atoms with Gasteiger partial charge in [-0.15, -0.1) is 0 Å². The molecule has 4 heteroatoms. The smallest absolute Gasteiger partial charge is 0.269 e. The van der Waals surface area contributed by atoms with Gasteiger partial charge in [-0.2, -0.15) is 0 Å². The number of aryl methyl sites for hydroxylation is 1. The SMILES string of the molecule is CC1CCC(=O)C(CCc2ccc([N+](=O)[O-])cc2)C1. The second kappa shape index (κ2) is 5.95. The molecule has 1 aromatic carbocycles. The van der Waals surface area contributed by atoms with E-state index in [1.807, 2.05) is 0 Å². The molecule has 1 saturated carbocycles. The zero-order chi connectivity index (χ0) is 13.8. The van der Waals surface area contributed by atoms with Gasteiger partial charge in [-0.25, -0.2) is 0 Å². The maximum absolute atomic E-state index is 11.8. The quantitative estimate of drug-likeness (QED) is 0.615. The summed E-state index contributed by atoms with van der Waals surface area (Å²) in [6.45, 7) is 2.20. The summed E-state index contributed by atoms with van der Waals surface area (Å²) in [5, 5.41) is 10.6. The molecule has 1 fully saturated rings. The highest BCUT2D eigenvalue weighted by Gasteiger charge is 2.25. The number of non-ortho nitro benzene ring substituents is 1. The number of nitro benzene ring substituents is 1. The van der Waals surface area contributed by atoms with Gasteiger partial charge < -0.3 is 0 Å². The summed E-state index contributed by atoms with van der Waals surface area (Å²) >= 11 is 0. The van der Waals surface area contributed by atoms with Crippen LogP contribution in [0.4, 0.5) is 5.69 Å². The van der Waals surface area contributed by atoms with E-state index in [4.69, 9.17) is 0 Å². The van der Waals surface area contributed by atoms with Gasteiger partial charge in [-0.05, 0) is 37.2 Å². The highest BCUT2D eigenvalue weighted by molar-refractivity contribution is 5.81. The van der Waals surface area contributed by atoms with Crippen LogP contribution in [0.25, 0.3) is 0 Å². The molecular formula is C15H19NO3. The largest absolute Gasteiger partial charge is 0.299 e. The maximum atomic E-state index is 11.8. The molecule has 0 aliphatic heterocycles. The third kappa shape index (κ3) is 3.63. The van der Waals surface area contributed by atoms with Gasteiger partial charge in [0.2, 0.25) is 0 Å².